The van der Waals surface area contributed by atoms with Crippen molar-refractivity contribution in [3.05, 3.63) is 95.1 Å². The van der Waals surface area contributed by atoms with Crippen molar-refractivity contribution in [2.45, 2.75) is 20.0 Å². The summed E-state index contributed by atoms with van der Waals surface area (Å²) >= 11 is 0. The highest BCUT2D eigenvalue weighted by molar-refractivity contribution is 6.10. The molecule has 1 unspecified atom stereocenters. The Morgan fingerprint density at radius 2 is 1.57 bits per heavy atom. The van der Waals surface area contributed by atoms with Crippen LogP contribution < -0.4 is 10.1 Å². The maximum absolute atomic E-state index is 12.5. The predicted molar refractivity (Wildman–Crippen MR) is 108 cm³/mol. The van der Waals surface area contributed by atoms with Crippen LogP contribution in [0.1, 0.15) is 44.9 Å². The number of nitrogens with one attached hydrogen (secondary N) is 1. The van der Waals surface area contributed by atoms with E-state index in [1.54, 1.807) is 30.3 Å². The second kappa shape index (κ2) is 8.39. The number of carboxylic acid groups (broad SMARTS) is 1. The van der Waals surface area contributed by atoms with Gasteiger partial charge in [-0.05, 0) is 55.3 Å². The third-order valence-corrected chi connectivity index (χ3v) is 4.41. The molecule has 0 aliphatic carbocycles. The Balaban J connectivity index is 1.74. The molecule has 5 heteroatoms. The molecule has 142 valence electrons. The van der Waals surface area contributed by atoms with Crippen LogP contribution in [0.5, 0.6) is 5.75 Å². The summed E-state index contributed by atoms with van der Waals surface area (Å²) in [7, 11) is 0. The Bertz CT molecular complexity index is 998. The quantitative estimate of drug-likeness (QED) is 0.629. The molecular formula is C23H21NO4. The van der Waals surface area contributed by atoms with E-state index in [0.717, 1.165) is 16.9 Å². The maximum atomic E-state index is 12.5. The molecule has 0 spiro atoms. The standard InChI is InChI=1S/C23H21NO4/c1-15-14-18(24-22(25)19-10-6-7-11-20(19)23(26)27)12-13-21(15)28-16(2)17-8-4-3-5-9-17/h3-14,16H,1-2H3,(H,24,25)(H,26,27). The molecule has 0 saturated carbocycles. The van der Waals surface area contributed by atoms with Crippen molar-refractivity contribution >= 4 is 17.6 Å². The molecule has 0 aliphatic heterocycles. The van der Waals surface area contributed by atoms with E-state index >= 15 is 0 Å². The fourth-order valence-corrected chi connectivity index (χ4v) is 2.91. The number of hydrogen-bond acceptors (Lipinski definition) is 3. The van der Waals surface area contributed by atoms with Gasteiger partial charge >= 0.3 is 5.97 Å². The van der Waals surface area contributed by atoms with Crippen LogP contribution in [0.25, 0.3) is 0 Å². The van der Waals surface area contributed by atoms with Crippen molar-refractivity contribution in [1.29, 1.82) is 0 Å². The minimum Gasteiger partial charge on any atom is -0.486 e. The smallest absolute Gasteiger partial charge is 0.336 e. The lowest BCUT2D eigenvalue weighted by molar-refractivity contribution is 0.0692. The van der Waals surface area contributed by atoms with Gasteiger partial charge in [-0.15, -0.1) is 0 Å². The number of rotatable bonds is 6. The Labute approximate surface area is 163 Å². The van der Waals surface area contributed by atoms with Gasteiger partial charge in [0.05, 0.1) is 11.1 Å². The van der Waals surface area contributed by atoms with Crippen molar-refractivity contribution in [3.8, 4) is 5.75 Å². The van der Waals surface area contributed by atoms with Crippen molar-refractivity contribution in [1.82, 2.24) is 0 Å². The zero-order valence-electron chi connectivity index (χ0n) is 15.7. The van der Waals surface area contributed by atoms with Crippen molar-refractivity contribution < 1.29 is 19.4 Å². The maximum Gasteiger partial charge on any atom is 0.336 e. The fraction of sp³-hybridized carbons (Fsp3) is 0.130. The van der Waals surface area contributed by atoms with Gasteiger partial charge in [0, 0.05) is 5.69 Å². The largest absolute Gasteiger partial charge is 0.486 e. The second-order valence-electron chi connectivity index (χ2n) is 6.46. The van der Waals surface area contributed by atoms with Gasteiger partial charge in [0.2, 0.25) is 0 Å². The van der Waals surface area contributed by atoms with Gasteiger partial charge < -0.3 is 15.2 Å². The summed E-state index contributed by atoms with van der Waals surface area (Å²) in [6.45, 7) is 3.88. The first-order valence-electron chi connectivity index (χ1n) is 8.91. The number of carboxylic acids is 1. The first kappa shape index (κ1) is 19.2. The molecule has 0 saturated heterocycles. The summed E-state index contributed by atoms with van der Waals surface area (Å²) in [6.07, 6.45) is -0.109. The third-order valence-electron chi connectivity index (χ3n) is 4.41. The summed E-state index contributed by atoms with van der Waals surface area (Å²) in [5.74, 6) is -0.885. The number of benzene rings is 3. The van der Waals surface area contributed by atoms with Gasteiger partial charge in [0.25, 0.3) is 5.91 Å². The van der Waals surface area contributed by atoms with E-state index in [9.17, 15) is 14.7 Å². The summed E-state index contributed by atoms with van der Waals surface area (Å²) in [4.78, 5) is 23.8. The lowest BCUT2D eigenvalue weighted by Crippen LogP contribution is -2.16. The number of aromatic carboxylic acids is 1. The molecule has 0 radical (unpaired) electrons. The minimum absolute atomic E-state index is 0.0339. The average Bonchev–Trinajstić information content (AvgIpc) is 2.70. The van der Waals surface area contributed by atoms with Gasteiger partial charge in [-0.2, -0.15) is 0 Å². The highest BCUT2D eigenvalue weighted by Crippen LogP contribution is 2.27. The van der Waals surface area contributed by atoms with E-state index < -0.39 is 11.9 Å². The molecule has 28 heavy (non-hydrogen) atoms. The number of hydrogen-bond donors (Lipinski definition) is 2. The first-order valence-corrected chi connectivity index (χ1v) is 8.91. The van der Waals surface area contributed by atoms with Crippen LogP contribution in [0.15, 0.2) is 72.8 Å². The summed E-state index contributed by atoms with van der Waals surface area (Å²) in [6, 6.07) is 21.4. The number of ether oxygens (including phenoxy) is 1. The van der Waals surface area contributed by atoms with E-state index in [4.69, 9.17) is 4.74 Å². The van der Waals surface area contributed by atoms with Crippen LogP contribution in [-0.2, 0) is 0 Å². The van der Waals surface area contributed by atoms with Crippen LogP contribution >= 0.6 is 0 Å². The van der Waals surface area contributed by atoms with Gasteiger partial charge in [0.15, 0.2) is 0 Å². The van der Waals surface area contributed by atoms with Crippen LogP contribution in [-0.4, -0.2) is 17.0 Å². The first-order chi connectivity index (χ1) is 13.5. The lowest BCUT2D eigenvalue weighted by atomic mass is 10.1. The van der Waals surface area contributed by atoms with Crippen LogP contribution in [0.2, 0.25) is 0 Å². The Kier molecular flexibility index (Phi) is 5.75. The van der Waals surface area contributed by atoms with E-state index in [2.05, 4.69) is 5.32 Å². The molecule has 3 aromatic carbocycles. The molecular weight excluding hydrogens is 354 g/mol. The molecule has 0 fully saturated rings. The van der Waals surface area contributed by atoms with Crippen molar-refractivity contribution in [2.24, 2.45) is 0 Å². The molecule has 0 aromatic heterocycles. The van der Waals surface area contributed by atoms with Crippen LogP contribution in [0.3, 0.4) is 0 Å². The summed E-state index contributed by atoms with van der Waals surface area (Å²) in [5, 5.41) is 12.0. The SMILES string of the molecule is Cc1cc(NC(=O)c2ccccc2C(=O)O)ccc1OC(C)c1ccccc1. The van der Waals surface area contributed by atoms with E-state index in [0.29, 0.717) is 5.69 Å². The zero-order chi connectivity index (χ0) is 20.1. The normalized spacial score (nSPS) is 11.5. The number of carbonyl (C=O) groups is 2. The summed E-state index contributed by atoms with van der Waals surface area (Å²) < 4.78 is 6.04. The average molecular weight is 375 g/mol. The monoisotopic (exact) mass is 375 g/mol. The Morgan fingerprint density at radius 1 is 0.929 bits per heavy atom. The molecule has 0 bridgehead atoms. The third kappa shape index (κ3) is 4.38. The predicted octanol–water partition coefficient (Wildman–Crippen LogP) is 5.09. The minimum atomic E-state index is -1.14. The lowest BCUT2D eigenvalue weighted by Gasteiger charge is -2.17. The number of carbonyl (C=O) groups excluding carboxylic acids is 1. The molecule has 0 heterocycles. The molecule has 1 amide bonds. The van der Waals surface area contributed by atoms with Crippen LogP contribution in [0.4, 0.5) is 5.69 Å². The number of amides is 1. The second-order valence-corrected chi connectivity index (χ2v) is 6.46. The van der Waals surface area contributed by atoms with E-state index in [-0.39, 0.29) is 17.2 Å². The van der Waals surface area contributed by atoms with Crippen molar-refractivity contribution in [3.63, 3.8) is 0 Å². The van der Waals surface area contributed by atoms with Gasteiger partial charge in [-0.3, -0.25) is 4.79 Å². The summed E-state index contributed by atoms with van der Waals surface area (Å²) in [5.41, 5.74) is 2.60. The van der Waals surface area contributed by atoms with E-state index in [1.807, 2.05) is 44.2 Å². The zero-order valence-corrected chi connectivity index (χ0v) is 15.7. The Hall–Kier alpha value is -3.60. The van der Waals surface area contributed by atoms with Gasteiger partial charge in [-0.25, -0.2) is 4.79 Å². The molecule has 1 atom stereocenters. The topological polar surface area (TPSA) is 75.6 Å². The number of aryl methyl sites for hydroxylation is 1. The van der Waals surface area contributed by atoms with E-state index in [1.165, 1.54) is 12.1 Å². The molecule has 2 N–H and O–H groups in total. The fourth-order valence-electron chi connectivity index (χ4n) is 2.91. The molecule has 0 aliphatic rings. The molecule has 5 nitrogen and oxygen atoms in total. The molecule has 3 aromatic rings. The van der Waals surface area contributed by atoms with Crippen LogP contribution in [0, 0.1) is 6.92 Å². The molecule has 3 rings (SSSR count). The van der Waals surface area contributed by atoms with Gasteiger partial charge in [0.1, 0.15) is 11.9 Å². The highest BCUT2D eigenvalue weighted by atomic mass is 16.5. The Morgan fingerprint density at radius 3 is 2.21 bits per heavy atom. The van der Waals surface area contributed by atoms with Gasteiger partial charge in [-0.1, -0.05) is 42.5 Å². The number of anilines is 1. The highest BCUT2D eigenvalue weighted by Gasteiger charge is 2.16. The van der Waals surface area contributed by atoms with Crippen molar-refractivity contribution in [2.75, 3.05) is 5.32 Å².